The predicted molar refractivity (Wildman–Crippen MR) is 87.8 cm³/mol. The van der Waals surface area contributed by atoms with Gasteiger partial charge in [-0.25, -0.2) is 4.98 Å². The van der Waals surface area contributed by atoms with Crippen molar-refractivity contribution in [2.75, 3.05) is 31.1 Å². The number of anilines is 1. The molecule has 0 amide bonds. The van der Waals surface area contributed by atoms with Gasteiger partial charge < -0.3 is 15.4 Å². The number of hydrogen-bond acceptors (Lipinski definition) is 5. The molecule has 2 aromatic rings. The molecule has 1 atom stereocenters. The minimum absolute atomic E-state index is 0. The van der Waals surface area contributed by atoms with Crippen LogP contribution in [0.2, 0.25) is 0 Å². The molecule has 0 saturated carbocycles. The van der Waals surface area contributed by atoms with E-state index in [-0.39, 0.29) is 30.9 Å². The third-order valence-corrected chi connectivity index (χ3v) is 3.42. The van der Waals surface area contributed by atoms with Crippen molar-refractivity contribution in [2.24, 2.45) is 5.73 Å². The zero-order valence-electron chi connectivity index (χ0n) is 11.9. The number of aromatic nitrogens is 3. The first-order chi connectivity index (χ1) is 9.28. The standard InChI is InChI=1S/C13H19N5O.2ClH/c1-10-8-13(18-12(16-10)3-5-15-18)17-6-7-19-11(9-17)2-4-14;;/h3,5,8,11H,2,4,6-7,9,14H2,1H3;2*1H. The third kappa shape index (κ3) is 3.77. The van der Waals surface area contributed by atoms with Crippen LogP contribution in [0.4, 0.5) is 5.82 Å². The first-order valence-electron chi connectivity index (χ1n) is 6.66. The van der Waals surface area contributed by atoms with Crippen LogP contribution in [0, 0.1) is 6.92 Å². The van der Waals surface area contributed by atoms with Crippen molar-refractivity contribution in [1.29, 1.82) is 0 Å². The predicted octanol–water partition coefficient (Wildman–Crippen LogP) is 1.44. The fraction of sp³-hybridized carbons (Fsp3) is 0.538. The number of rotatable bonds is 3. The highest BCUT2D eigenvalue weighted by Crippen LogP contribution is 2.20. The Morgan fingerprint density at radius 3 is 3.00 bits per heavy atom. The largest absolute Gasteiger partial charge is 0.374 e. The molecule has 2 N–H and O–H groups in total. The quantitative estimate of drug-likeness (QED) is 0.920. The lowest BCUT2D eigenvalue weighted by Crippen LogP contribution is -2.44. The molecule has 118 valence electrons. The molecule has 0 aromatic carbocycles. The van der Waals surface area contributed by atoms with Crippen molar-refractivity contribution in [1.82, 2.24) is 14.6 Å². The SMILES string of the molecule is Cc1cc(N2CCOC(CCN)C2)n2nccc2n1.Cl.Cl. The van der Waals surface area contributed by atoms with E-state index in [0.717, 1.165) is 43.3 Å². The van der Waals surface area contributed by atoms with E-state index in [1.165, 1.54) is 0 Å². The van der Waals surface area contributed by atoms with E-state index in [9.17, 15) is 0 Å². The van der Waals surface area contributed by atoms with Crippen molar-refractivity contribution in [3.63, 3.8) is 0 Å². The molecule has 2 aromatic heterocycles. The zero-order valence-corrected chi connectivity index (χ0v) is 13.6. The molecule has 6 nitrogen and oxygen atoms in total. The van der Waals surface area contributed by atoms with Crippen LogP contribution in [0.5, 0.6) is 0 Å². The summed E-state index contributed by atoms with van der Waals surface area (Å²) >= 11 is 0. The summed E-state index contributed by atoms with van der Waals surface area (Å²) in [6.45, 7) is 5.13. The van der Waals surface area contributed by atoms with Gasteiger partial charge in [0, 0.05) is 30.9 Å². The molecule has 0 radical (unpaired) electrons. The Bertz CT molecular complexity index is 575. The van der Waals surface area contributed by atoms with Crippen LogP contribution in [0.3, 0.4) is 0 Å². The number of halogens is 2. The van der Waals surface area contributed by atoms with E-state index < -0.39 is 0 Å². The van der Waals surface area contributed by atoms with E-state index >= 15 is 0 Å². The van der Waals surface area contributed by atoms with Gasteiger partial charge in [0.25, 0.3) is 0 Å². The van der Waals surface area contributed by atoms with E-state index in [1.54, 1.807) is 6.20 Å². The van der Waals surface area contributed by atoms with Crippen LogP contribution in [-0.2, 0) is 4.74 Å². The second-order valence-corrected chi connectivity index (χ2v) is 4.87. The monoisotopic (exact) mass is 333 g/mol. The minimum Gasteiger partial charge on any atom is -0.374 e. The summed E-state index contributed by atoms with van der Waals surface area (Å²) in [6.07, 6.45) is 2.88. The van der Waals surface area contributed by atoms with Crippen LogP contribution < -0.4 is 10.6 Å². The van der Waals surface area contributed by atoms with Crippen LogP contribution in [-0.4, -0.2) is 46.9 Å². The lowest BCUT2D eigenvalue weighted by Gasteiger charge is -2.34. The summed E-state index contributed by atoms with van der Waals surface area (Å²) in [5.74, 6) is 1.08. The highest BCUT2D eigenvalue weighted by atomic mass is 35.5. The second kappa shape index (κ2) is 7.79. The summed E-state index contributed by atoms with van der Waals surface area (Å²) in [4.78, 5) is 6.77. The van der Waals surface area contributed by atoms with Gasteiger partial charge >= 0.3 is 0 Å². The molecule has 3 rings (SSSR count). The molecule has 1 aliphatic heterocycles. The van der Waals surface area contributed by atoms with Gasteiger partial charge in [-0.15, -0.1) is 24.8 Å². The lowest BCUT2D eigenvalue weighted by molar-refractivity contribution is 0.0365. The van der Waals surface area contributed by atoms with Crippen LogP contribution in [0.15, 0.2) is 18.3 Å². The van der Waals surface area contributed by atoms with Crippen molar-refractivity contribution in [3.8, 4) is 0 Å². The average Bonchev–Trinajstić information content (AvgIpc) is 2.86. The molecule has 1 aliphatic rings. The van der Waals surface area contributed by atoms with Gasteiger partial charge in [-0.1, -0.05) is 0 Å². The van der Waals surface area contributed by atoms with E-state index in [2.05, 4.69) is 21.0 Å². The maximum absolute atomic E-state index is 5.73. The Balaban J connectivity index is 0.00000110. The smallest absolute Gasteiger partial charge is 0.157 e. The normalized spacial score (nSPS) is 18.2. The van der Waals surface area contributed by atoms with E-state index in [0.29, 0.717) is 6.54 Å². The van der Waals surface area contributed by atoms with Crippen LogP contribution in [0.25, 0.3) is 5.65 Å². The second-order valence-electron chi connectivity index (χ2n) is 4.87. The Morgan fingerprint density at radius 1 is 1.43 bits per heavy atom. The number of nitrogens with zero attached hydrogens (tertiary/aromatic N) is 4. The maximum Gasteiger partial charge on any atom is 0.157 e. The molecule has 0 bridgehead atoms. The third-order valence-electron chi connectivity index (χ3n) is 3.42. The summed E-state index contributed by atoms with van der Waals surface area (Å²) in [6, 6.07) is 4.00. The zero-order chi connectivity index (χ0) is 13.2. The Morgan fingerprint density at radius 2 is 2.24 bits per heavy atom. The summed E-state index contributed by atoms with van der Waals surface area (Å²) < 4.78 is 7.61. The van der Waals surface area contributed by atoms with Crippen LogP contribution >= 0.6 is 24.8 Å². The highest BCUT2D eigenvalue weighted by Gasteiger charge is 2.22. The molecule has 8 heteroatoms. The van der Waals surface area contributed by atoms with Gasteiger partial charge in [0.05, 0.1) is 18.9 Å². The number of morpholine rings is 1. The first kappa shape index (κ1) is 18.0. The van der Waals surface area contributed by atoms with Gasteiger partial charge in [-0.2, -0.15) is 9.61 Å². The number of aryl methyl sites for hydroxylation is 1. The first-order valence-corrected chi connectivity index (χ1v) is 6.66. The molecule has 21 heavy (non-hydrogen) atoms. The molecular formula is C13H21Cl2N5O. The maximum atomic E-state index is 5.73. The fourth-order valence-electron chi connectivity index (χ4n) is 2.53. The topological polar surface area (TPSA) is 68.7 Å². The Kier molecular flexibility index (Phi) is 6.67. The lowest BCUT2D eigenvalue weighted by atomic mass is 10.2. The summed E-state index contributed by atoms with van der Waals surface area (Å²) in [5, 5.41) is 4.35. The molecule has 1 saturated heterocycles. The number of nitrogens with two attached hydrogens (primary N) is 1. The number of ether oxygens (including phenoxy) is 1. The van der Waals surface area contributed by atoms with Crippen LogP contribution in [0.1, 0.15) is 12.1 Å². The molecule has 3 heterocycles. The summed E-state index contributed by atoms with van der Waals surface area (Å²) in [5.41, 5.74) is 7.51. The molecular weight excluding hydrogens is 313 g/mol. The number of fused-ring (bicyclic) bond motifs is 1. The van der Waals surface area contributed by atoms with Crippen molar-refractivity contribution in [3.05, 3.63) is 24.0 Å². The number of hydrogen-bond donors (Lipinski definition) is 1. The van der Waals surface area contributed by atoms with Crippen molar-refractivity contribution >= 4 is 36.3 Å². The highest BCUT2D eigenvalue weighted by molar-refractivity contribution is 5.85. The van der Waals surface area contributed by atoms with Crippen molar-refractivity contribution in [2.45, 2.75) is 19.4 Å². The Labute approximate surface area is 136 Å². The van der Waals surface area contributed by atoms with E-state index in [1.807, 2.05) is 17.5 Å². The molecule has 0 aliphatic carbocycles. The van der Waals surface area contributed by atoms with E-state index in [4.69, 9.17) is 10.5 Å². The van der Waals surface area contributed by atoms with Gasteiger partial charge in [0.1, 0.15) is 5.82 Å². The summed E-state index contributed by atoms with van der Waals surface area (Å²) in [7, 11) is 0. The Hall–Kier alpha value is -1.08. The fourth-order valence-corrected chi connectivity index (χ4v) is 2.53. The molecule has 1 fully saturated rings. The van der Waals surface area contributed by atoms with Gasteiger partial charge in [0.2, 0.25) is 0 Å². The molecule has 1 unspecified atom stereocenters. The average molecular weight is 334 g/mol. The minimum atomic E-state index is 0. The van der Waals surface area contributed by atoms with Crippen molar-refractivity contribution < 1.29 is 4.74 Å². The van der Waals surface area contributed by atoms with Gasteiger partial charge in [-0.3, -0.25) is 0 Å². The van der Waals surface area contributed by atoms with Gasteiger partial charge in [0.15, 0.2) is 5.65 Å². The molecule has 0 spiro atoms. The van der Waals surface area contributed by atoms with Gasteiger partial charge in [-0.05, 0) is 19.9 Å².